The first-order valence-corrected chi connectivity index (χ1v) is 8.35. The van der Waals surface area contributed by atoms with Gasteiger partial charge in [-0.2, -0.15) is 4.98 Å². The van der Waals surface area contributed by atoms with Crippen molar-refractivity contribution < 1.29 is 17.9 Å². The molecule has 21 heavy (non-hydrogen) atoms. The first-order valence-electron chi connectivity index (χ1n) is 6.46. The van der Waals surface area contributed by atoms with Crippen molar-refractivity contribution >= 4 is 9.84 Å². The summed E-state index contributed by atoms with van der Waals surface area (Å²) in [6, 6.07) is 11.4. The summed E-state index contributed by atoms with van der Waals surface area (Å²) in [5, 5.41) is 0. The van der Waals surface area contributed by atoms with Crippen molar-refractivity contribution in [2.24, 2.45) is 0 Å². The zero-order valence-electron chi connectivity index (χ0n) is 12.1. The predicted octanol–water partition coefficient (Wildman–Crippen LogP) is 3.06. The van der Waals surface area contributed by atoms with Crippen LogP contribution in [-0.4, -0.2) is 25.8 Å². The van der Waals surface area contributed by atoms with Crippen molar-refractivity contribution in [1.29, 1.82) is 0 Å². The van der Waals surface area contributed by atoms with Crippen molar-refractivity contribution in [2.75, 3.05) is 6.26 Å². The number of pyridine rings is 1. The summed E-state index contributed by atoms with van der Waals surface area (Å²) < 4.78 is 33.8. The summed E-state index contributed by atoms with van der Waals surface area (Å²) in [6.07, 6.45) is 1.19. The Kier molecular flexibility index (Phi) is 4.47. The Morgan fingerprint density at radius 3 is 2.19 bits per heavy atom. The zero-order valence-corrected chi connectivity index (χ0v) is 12.9. The molecule has 0 saturated carbocycles. The first kappa shape index (κ1) is 15.3. The van der Waals surface area contributed by atoms with Gasteiger partial charge >= 0.3 is 0 Å². The lowest BCUT2D eigenvalue weighted by Crippen LogP contribution is -2.06. The van der Waals surface area contributed by atoms with Gasteiger partial charge in [0.2, 0.25) is 11.8 Å². The number of hydrogen-bond acceptors (Lipinski definition) is 5. The molecule has 0 amide bonds. The monoisotopic (exact) mass is 307 g/mol. The third kappa shape index (κ3) is 4.46. The molecule has 1 aromatic heterocycles. The molecule has 1 heterocycles. The number of aromatic nitrogens is 1. The minimum atomic E-state index is -3.20. The van der Waals surface area contributed by atoms with E-state index in [-0.39, 0.29) is 11.0 Å². The lowest BCUT2D eigenvalue weighted by atomic mass is 10.3. The Balaban J connectivity index is 2.15. The summed E-state index contributed by atoms with van der Waals surface area (Å²) in [5.41, 5.74) is 0. The fraction of sp³-hybridized carbons (Fsp3) is 0.267. The van der Waals surface area contributed by atoms with Crippen LogP contribution in [-0.2, 0) is 9.84 Å². The maximum Gasteiger partial charge on any atom is 0.222 e. The molecule has 0 atom stereocenters. The van der Waals surface area contributed by atoms with Gasteiger partial charge < -0.3 is 9.47 Å². The largest absolute Gasteiger partial charge is 0.475 e. The summed E-state index contributed by atoms with van der Waals surface area (Å²) >= 11 is 0. The van der Waals surface area contributed by atoms with Gasteiger partial charge in [0, 0.05) is 18.4 Å². The van der Waals surface area contributed by atoms with Crippen LogP contribution in [0.15, 0.2) is 47.4 Å². The molecule has 0 aliphatic carbocycles. The lowest BCUT2D eigenvalue weighted by Gasteiger charge is -2.10. The highest BCUT2D eigenvalue weighted by atomic mass is 32.2. The summed E-state index contributed by atoms with van der Waals surface area (Å²) in [5.74, 6) is 1.38. The second-order valence-electron chi connectivity index (χ2n) is 4.83. The Hall–Kier alpha value is -2.08. The van der Waals surface area contributed by atoms with Gasteiger partial charge in [0.1, 0.15) is 5.75 Å². The Bertz CT molecular complexity index is 709. The number of hydrogen-bond donors (Lipinski definition) is 0. The third-order valence-corrected chi connectivity index (χ3v) is 3.66. The molecule has 0 saturated heterocycles. The third-order valence-electron chi connectivity index (χ3n) is 2.53. The molecular weight excluding hydrogens is 290 g/mol. The number of benzene rings is 1. The normalized spacial score (nSPS) is 11.4. The number of rotatable bonds is 5. The first-order chi connectivity index (χ1) is 9.84. The van der Waals surface area contributed by atoms with Gasteiger partial charge in [-0.25, -0.2) is 8.42 Å². The Morgan fingerprint density at radius 2 is 1.62 bits per heavy atom. The maximum absolute atomic E-state index is 11.4. The molecule has 0 bridgehead atoms. The molecule has 6 heteroatoms. The second-order valence-corrected chi connectivity index (χ2v) is 6.84. The molecule has 112 valence electrons. The minimum absolute atomic E-state index is 0.0294. The van der Waals surface area contributed by atoms with Crippen LogP contribution >= 0.6 is 0 Å². The molecule has 2 rings (SSSR count). The molecule has 5 nitrogen and oxygen atoms in total. The van der Waals surface area contributed by atoms with Crippen molar-refractivity contribution in [3.8, 4) is 17.5 Å². The van der Waals surface area contributed by atoms with E-state index in [1.54, 1.807) is 30.3 Å². The van der Waals surface area contributed by atoms with Crippen LogP contribution < -0.4 is 9.47 Å². The van der Waals surface area contributed by atoms with E-state index in [2.05, 4.69) is 4.98 Å². The van der Waals surface area contributed by atoms with E-state index in [0.717, 1.165) is 6.26 Å². The van der Waals surface area contributed by atoms with Gasteiger partial charge in [0.05, 0.1) is 11.0 Å². The van der Waals surface area contributed by atoms with Crippen LogP contribution in [0.1, 0.15) is 13.8 Å². The van der Waals surface area contributed by atoms with Crippen molar-refractivity contribution in [1.82, 2.24) is 4.98 Å². The molecule has 0 N–H and O–H groups in total. The van der Waals surface area contributed by atoms with Gasteiger partial charge in [-0.3, -0.25) is 0 Å². The van der Waals surface area contributed by atoms with Crippen LogP contribution in [0.5, 0.6) is 17.5 Å². The fourth-order valence-corrected chi connectivity index (χ4v) is 2.27. The van der Waals surface area contributed by atoms with E-state index in [4.69, 9.17) is 9.47 Å². The summed E-state index contributed by atoms with van der Waals surface area (Å²) in [4.78, 5) is 4.47. The molecular formula is C15H17NO4S. The lowest BCUT2D eigenvalue weighted by molar-refractivity contribution is 0.230. The zero-order chi connectivity index (χ0) is 15.5. The summed E-state index contributed by atoms with van der Waals surface area (Å²) in [6.45, 7) is 3.83. The minimum Gasteiger partial charge on any atom is -0.475 e. The van der Waals surface area contributed by atoms with Crippen LogP contribution in [0.2, 0.25) is 0 Å². The average molecular weight is 307 g/mol. The van der Waals surface area contributed by atoms with Crippen LogP contribution in [0.4, 0.5) is 0 Å². The quantitative estimate of drug-likeness (QED) is 0.849. The van der Waals surface area contributed by atoms with E-state index in [1.807, 2.05) is 13.8 Å². The van der Waals surface area contributed by atoms with Gasteiger partial charge in [0.15, 0.2) is 9.84 Å². The van der Waals surface area contributed by atoms with Crippen LogP contribution in [0.25, 0.3) is 0 Å². The SMILES string of the molecule is CC(C)Oc1cccc(Oc2ccc(S(C)(=O)=O)cc2)n1. The number of ether oxygens (including phenoxy) is 2. The highest BCUT2D eigenvalue weighted by Crippen LogP contribution is 2.23. The molecule has 0 fully saturated rings. The highest BCUT2D eigenvalue weighted by Gasteiger charge is 2.07. The average Bonchev–Trinajstić information content (AvgIpc) is 2.38. The maximum atomic E-state index is 11.4. The molecule has 2 aromatic rings. The van der Waals surface area contributed by atoms with Gasteiger partial charge in [-0.1, -0.05) is 6.07 Å². The highest BCUT2D eigenvalue weighted by molar-refractivity contribution is 7.90. The van der Waals surface area contributed by atoms with E-state index in [0.29, 0.717) is 17.5 Å². The Morgan fingerprint density at radius 1 is 1.00 bits per heavy atom. The Labute approximate surface area is 124 Å². The predicted molar refractivity (Wildman–Crippen MR) is 79.6 cm³/mol. The number of sulfone groups is 1. The fourth-order valence-electron chi connectivity index (χ4n) is 1.64. The molecule has 0 radical (unpaired) electrons. The molecule has 0 unspecified atom stereocenters. The number of nitrogens with zero attached hydrogens (tertiary/aromatic N) is 1. The van der Waals surface area contributed by atoms with Crippen molar-refractivity contribution in [3.63, 3.8) is 0 Å². The van der Waals surface area contributed by atoms with E-state index >= 15 is 0 Å². The van der Waals surface area contributed by atoms with Gasteiger partial charge in [-0.05, 0) is 38.1 Å². The van der Waals surface area contributed by atoms with E-state index in [9.17, 15) is 8.42 Å². The molecule has 0 aliphatic heterocycles. The van der Waals surface area contributed by atoms with Crippen molar-refractivity contribution in [3.05, 3.63) is 42.5 Å². The van der Waals surface area contributed by atoms with Crippen LogP contribution in [0.3, 0.4) is 0 Å². The second kappa shape index (κ2) is 6.13. The standard InChI is InChI=1S/C15H17NO4S/c1-11(2)19-14-5-4-6-15(16-14)20-12-7-9-13(10-8-12)21(3,17)18/h4-11H,1-3H3. The van der Waals surface area contributed by atoms with Gasteiger partial charge in [0.25, 0.3) is 0 Å². The molecule has 1 aromatic carbocycles. The topological polar surface area (TPSA) is 65.5 Å². The van der Waals surface area contributed by atoms with Crippen molar-refractivity contribution in [2.45, 2.75) is 24.8 Å². The van der Waals surface area contributed by atoms with Crippen LogP contribution in [0, 0.1) is 0 Å². The summed E-state index contributed by atoms with van der Waals surface area (Å²) in [7, 11) is -3.20. The van der Waals surface area contributed by atoms with Gasteiger partial charge in [-0.15, -0.1) is 0 Å². The smallest absolute Gasteiger partial charge is 0.222 e. The van der Waals surface area contributed by atoms with E-state index < -0.39 is 9.84 Å². The molecule has 0 spiro atoms. The van der Waals surface area contributed by atoms with E-state index in [1.165, 1.54) is 12.1 Å². The molecule has 0 aliphatic rings.